The molecule has 0 aliphatic rings. The topological polar surface area (TPSA) is 34.1 Å². The van der Waals surface area contributed by atoms with Crippen LogP contribution >= 0.6 is 0 Å². The summed E-state index contributed by atoms with van der Waals surface area (Å²) in [6, 6.07) is 15.0. The van der Waals surface area contributed by atoms with Gasteiger partial charge in [0.2, 0.25) is 0 Å². The molecule has 0 fully saturated rings. The summed E-state index contributed by atoms with van der Waals surface area (Å²) in [6.45, 7) is 1.99. The van der Waals surface area contributed by atoms with Gasteiger partial charge in [-0.3, -0.25) is 0 Å². The minimum atomic E-state index is -1.23. The molecule has 0 amide bonds. The van der Waals surface area contributed by atoms with Crippen LogP contribution in [0.1, 0.15) is 11.1 Å². The van der Waals surface area contributed by atoms with Crippen LogP contribution in [0.15, 0.2) is 58.3 Å². The summed E-state index contributed by atoms with van der Waals surface area (Å²) in [7, 11) is -1.23. The fraction of sp³-hybridized carbons (Fsp3) is 0.133. The fourth-order valence-electron chi connectivity index (χ4n) is 1.73. The third-order valence-corrected chi connectivity index (χ3v) is 4.21. The van der Waals surface area contributed by atoms with E-state index in [4.69, 9.17) is 0 Å². The van der Waals surface area contributed by atoms with Gasteiger partial charge in [0.25, 0.3) is 0 Å². The monoisotopic (exact) mass is 258 g/mol. The second-order valence-corrected chi connectivity index (χ2v) is 5.51. The van der Waals surface area contributed by atoms with Crippen LogP contribution in [-0.2, 0) is 22.0 Å². The van der Waals surface area contributed by atoms with Crippen molar-refractivity contribution in [1.29, 1.82) is 0 Å². The molecular formula is C15H14O2S. The Balaban J connectivity index is 2.39. The van der Waals surface area contributed by atoms with Crippen LogP contribution in [0.2, 0.25) is 0 Å². The minimum absolute atomic E-state index is 0.299. The molecule has 3 heteroatoms. The molecule has 0 N–H and O–H groups in total. The van der Waals surface area contributed by atoms with E-state index in [-0.39, 0.29) is 0 Å². The Morgan fingerprint density at radius 2 is 1.72 bits per heavy atom. The van der Waals surface area contributed by atoms with Crippen molar-refractivity contribution in [1.82, 2.24) is 0 Å². The van der Waals surface area contributed by atoms with Gasteiger partial charge in [0.15, 0.2) is 0 Å². The van der Waals surface area contributed by atoms with E-state index < -0.39 is 10.8 Å². The number of aldehydes is 1. The molecule has 18 heavy (non-hydrogen) atoms. The zero-order valence-electron chi connectivity index (χ0n) is 10.1. The standard InChI is InChI=1S/C15H14O2S/c1-12-6-8-14(9-7-12)18(17)15-5-3-2-4-13(15)10-11-16/h2-9,11H,10H2,1H3. The molecule has 2 rings (SSSR count). The highest BCUT2D eigenvalue weighted by Gasteiger charge is 2.10. The van der Waals surface area contributed by atoms with E-state index in [1.165, 1.54) is 0 Å². The maximum absolute atomic E-state index is 12.4. The summed E-state index contributed by atoms with van der Waals surface area (Å²) in [5, 5.41) is 0. The average molecular weight is 258 g/mol. The molecule has 1 atom stereocenters. The second kappa shape index (κ2) is 5.74. The van der Waals surface area contributed by atoms with Crippen LogP contribution in [-0.4, -0.2) is 10.5 Å². The highest BCUT2D eigenvalue weighted by Crippen LogP contribution is 2.20. The Morgan fingerprint density at radius 3 is 2.39 bits per heavy atom. The normalized spacial score (nSPS) is 12.1. The van der Waals surface area contributed by atoms with Gasteiger partial charge in [-0.1, -0.05) is 35.9 Å². The van der Waals surface area contributed by atoms with E-state index >= 15 is 0 Å². The first-order valence-electron chi connectivity index (χ1n) is 5.72. The van der Waals surface area contributed by atoms with Gasteiger partial charge in [-0.2, -0.15) is 0 Å². The van der Waals surface area contributed by atoms with Crippen molar-refractivity contribution in [3.8, 4) is 0 Å². The quantitative estimate of drug-likeness (QED) is 0.790. The lowest BCUT2D eigenvalue weighted by molar-refractivity contribution is -0.107. The van der Waals surface area contributed by atoms with Gasteiger partial charge in [-0.15, -0.1) is 0 Å². The van der Waals surface area contributed by atoms with Crippen LogP contribution in [0.25, 0.3) is 0 Å². The number of carbonyl (C=O) groups is 1. The predicted molar refractivity (Wildman–Crippen MR) is 72.1 cm³/mol. The van der Waals surface area contributed by atoms with Gasteiger partial charge in [-0.05, 0) is 30.7 Å². The SMILES string of the molecule is Cc1ccc(S(=O)c2ccccc2CC=O)cc1. The molecule has 2 nitrogen and oxygen atoms in total. The largest absolute Gasteiger partial charge is 0.303 e. The van der Waals surface area contributed by atoms with Gasteiger partial charge in [-0.25, -0.2) is 4.21 Å². The molecule has 0 aliphatic carbocycles. The lowest BCUT2D eigenvalue weighted by Gasteiger charge is -2.07. The van der Waals surface area contributed by atoms with Crippen molar-refractivity contribution < 1.29 is 9.00 Å². The Labute approximate surface area is 109 Å². The lowest BCUT2D eigenvalue weighted by atomic mass is 10.2. The third kappa shape index (κ3) is 2.74. The molecule has 0 heterocycles. The van der Waals surface area contributed by atoms with E-state index in [9.17, 15) is 9.00 Å². The summed E-state index contributed by atoms with van der Waals surface area (Å²) >= 11 is 0. The smallest absolute Gasteiger partial charge is 0.124 e. The number of hydrogen-bond acceptors (Lipinski definition) is 2. The minimum Gasteiger partial charge on any atom is -0.303 e. The first-order valence-corrected chi connectivity index (χ1v) is 6.87. The molecule has 0 aliphatic heterocycles. The molecule has 92 valence electrons. The van der Waals surface area contributed by atoms with Crippen LogP contribution in [0.4, 0.5) is 0 Å². The van der Waals surface area contributed by atoms with E-state index in [1.54, 1.807) is 0 Å². The number of benzene rings is 2. The maximum Gasteiger partial charge on any atom is 0.124 e. The molecule has 0 aromatic heterocycles. The van der Waals surface area contributed by atoms with Crippen molar-refractivity contribution in [3.05, 3.63) is 59.7 Å². The van der Waals surface area contributed by atoms with Crippen LogP contribution < -0.4 is 0 Å². The number of hydrogen-bond donors (Lipinski definition) is 0. The average Bonchev–Trinajstić information content (AvgIpc) is 2.40. The molecule has 0 spiro atoms. The number of carbonyl (C=O) groups excluding carboxylic acids is 1. The van der Waals surface area contributed by atoms with Gasteiger partial charge >= 0.3 is 0 Å². The zero-order valence-corrected chi connectivity index (χ0v) is 10.9. The molecule has 0 saturated carbocycles. The summed E-state index contributed by atoms with van der Waals surface area (Å²) in [5.41, 5.74) is 1.96. The van der Waals surface area contributed by atoms with Gasteiger partial charge in [0.05, 0.1) is 10.8 Å². The Kier molecular flexibility index (Phi) is 4.05. The van der Waals surface area contributed by atoms with Crippen LogP contribution in [0.5, 0.6) is 0 Å². The third-order valence-electron chi connectivity index (χ3n) is 2.71. The van der Waals surface area contributed by atoms with Gasteiger partial charge < -0.3 is 4.79 Å². The van der Waals surface area contributed by atoms with Crippen molar-refractivity contribution >= 4 is 17.1 Å². The first-order chi connectivity index (χ1) is 8.72. The molecular weight excluding hydrogens is 244 g/mol. The summed E-state index contributed by atoms with van der Waals surface area (Å²) in [4.78, 5) is 12.1. The highest BCUT2D eigenvalue weighted by molar-refractivity contribution is 7.85. The summed E-state index contributed by atoms with van der Waals surface area (Å²) in [6.07, 6.45) is 1.14. The van der Waals surface area contributed by atoms with Gasteiger partial charge in [0, 0.05) is 16.2 Å². The second-order valence-electron chi connectivity index (χ2n) is 4.06. The Hall–Kier alpha value is -1.74. The highest BCUT2D eigenvalue weighted by atomic mass is 32.2. The van der Waals surface area contributed by atoms with Crippen molar-refractivity contribution in [2.45, 2.75) is 23.1 Å². The van der Waals surface area contributed by atoms with E-state index in [1.807, 2.05) is 55.5 Å². The molecule has 1 unspecified atom stereocenters. The fourth-order valence-corrected chi connectivity index (χ4v) is 2.96. The molecule has 0 saturated heterocycles. The van der Waals surface area contributed by atoms with E-state index in [2.05, 4.69) is 0 Å². The summed E-state index contributed by atoms with van der Waals surface area (Å²) < 4.78 is 12.4. The number of rotatable bonds is 4. The predicted octanol–water partition coefficient (Wildman–Crippen LogP) is 2.90. The molecule has 0 bridgehead atoms. The van der Waals surface area contributed by atoms with Crippen molar-refractivity contribution in [3.63, 3.8) is 0 Å². The molecule has 2 aromatic rings. The van der Waals surface area contributed by atoms with Crippen molar-refractivity contribution in [2.75, 3.05) is 0 Å². The van der Waals surface area contributed by atoms with E-state index in [0.29, 0.717) is 11.3 Å². The lowest BCUT2D eigenvalue weighted by Crippen LogP contribution is -1.99. The zero-order chi connectivity index (χ0) is 13.0. The first kappa shape index (κ1) is 12.7. The molecule has 0 radical (unpaired) electrons. The van der Waals surface area contributed by atoms with Gasteiger partial charge in [0.1, 0.15) is 6.29 Å². The Bertz CT molecular complexity index is 573. The Morgan fingerprint density at radius 1 is 1.06 bits per heavy atom. The van der Waals surface area contributed by atoms with Crippen molar-refractivity contribution in [2.24, 2.45) is 0 Å². The maximum atomic E-state index is 12.4. The van der Waals surface area contributed by atoms with Crippen LogP contribution in [0, 0.1) is 6.92 Å². The summed E-state index contributed by atoms with van der Waals surface area (Å²) in [5.74, 6) is 0. The number of aryl methyl sites for hydroxylation is 1. The van der Waals surface area contributed by atoms with E-state index in [0.717, 1.165) is 22.3 Å². The van der Waals surface area contributed by atoms with Crippen LogP contribution in [0.3, 0.4) is 0 Å². The molecule has 2 aromatic carbocycles.